The molecule has 0 N–H and O–H groups in total. The zero-order valence-corrected chi connectivity index (χ0v) is 22.7. The van der Waals surface area contributed by atoms with Gasteiger partial charge in [-0.05, 0) is 79.4 Å². The van der Waals surface area contributed by atoms with Crippen LogP contribution in [0, 0.1) is 35.5 Å². The van der Waals surface area contributed by atoms with E-state index in [1.807, 2.05) is 0 Å². The van der Waals surface area contributed by atoms with Gasteiger partial charge in [0.1, 0.15) is 5.82 Å². The van der Waals surface area contributed by atoms with Crippen molar-refractivity contribution in [1.29, 1.82) is 0 Å². The van der Waals surface area contributed by atoms with E-state index in [1.165, 1.54) is 29.3 Å². The van der Waals surface area contributed by atoms with E-state index >= 15 is 0 Å². The fourth-order valence-corrected chi connectivity index (χ4v) is 9.02. The van der Waals surface area contributed by atoms with Crippen LogP contribution in [0.2, 0.25) is 0 Å². The van der Waals surface area contributed by atoms with Gasteiger partial charge in [-0.2, -0.15) is 4.37 Å². The molecule has 198 valence electrons. The van der Waals surface area contributed by atoms with Gasteiger partial charge in [-0.25, -0.2) is 0 Å². The molecule has 6 atom stereocenters. The van der Waals surface area contributed by atoms with Gasteiger partial charge in [0.2, 0.25) is 11.8 Å². The number of carbonyl (C=O) groups excluding carboxylic acids is 2. The van der Waals surface area contributed by atoms with Crippen molar-refractivity contribution in [3.05, 3.63) is 37.4 Å². The van der Waals surface area contributed by atoms with Crippen LogP contribution in [-0.4, -0.2) is 65.3 Å². The van der Waals surface area contributed by atoms with E-state index in [9.17, 15) is 9.59 Å². The topological polar surface area (TPSA) is 56.8 Å². The highest BCUT2D eigenvalue weighted by atomic mass is 32.1. The summed E-state index contributed by atoms with van der Waals surface area (Å²) in [6, 6.07) is 8.54. The lowest BCUT2D eigenvalue weighted by Gasteiger charge is -2.40. The Hall–Kier alpha value is -2.25. The molecule has 1 aromatic heterocycles. The first-order chi connectivity index (χ1) is 18.2. The smallest absolute Gasteiger partial charge is 0.233 e. The number of fused-ring (bicyclic) bond motifs is 6. The molecule has 5 fully saturated rings. The minimum absolute atomic E-state index is 0.0261. The molecule has 2 aliphatic heterocycles. The Kier molecular flexibility index (Phi) is 7.10. The van der Waals surface area contributed by atoms with E-state index in [0.29, 0.717) is 30.2 Å². The van der Waals surface area contributed by atoms with Gasteiger partial charge in [0.25, 0.3) is 0 Å². The maximum Gasteiger partial charge on any atom is 0.233 e. The molecular formula is C30H40N4O2S. The zero-order chi connectivity index (χ0) is 25.5. The molecule has 0 spiro atoms. The lowest BCUT2D eigenvalue weighted by molar-refractivity contribution is -0.142. The number of anilines is 1. The average molecular weight is 521 g/mol. The molecule has 2 aromatic rings. The van der Waals surface area contributed by atoms with Crippen molar-refractivity contribution in [1.82, 2.24) is 14.2 Å². The standard InChI is InChI=1S/C28H36N4O2S.C2H4/c33-27-24-18-9-10-19(15-18)25(24)28(34)32(27)17-21-6-2-1-5-20(21)16-30-11-13-31(14-12-30)26-22-7-3-4-8-23(22)35-29-26;1-2/h3-4,7-8,18-21,24-25H,1-2,5-6,9-17H2;1-2H2/t18-,19+,20-,21-,24+,25-;/m0./s1. The quantitative estimate of drug-likeness (QED) is 0.408. The first-order valence-corrected chi connectivity index (χ1v) is 15.1. The van der Waals surface area contributed by atoms with Gasteiger partial charge >= 0.3 is 0 Å². The van der Waals surface area contributed by atoms with E-state index in [2.05, 4.69) is 47.2 Å². The number of hydrogen-bond acceptors (Lipinski definition) is 6. The fourth-order valence-electron chi connectivity index (χ4n) is 8.22. The van der Waals surface area contributed by atoms with Gasteiger partial charge in [0.15, 0.2) is 0 Å². The highest BCUT2D eigenvalue weighted by Crippen LogP contribution is 2.56. The lowest BCUT2D eigenvalue weighted by atomic mass is 9.78. The minimum Gasteiger partial charge on any atom is -0.353 e. The summed E-state index contributed by atoms with van der Waals surface area (Å²) in [6.07, 6.45) is 8.35. The van der Waals surface area contributed by atoms with Crippen LogP contribution in [0.1, 0.15) is 44.9 Å². The van der Waals surface area contributed by atoms with E-state index in [-0.39, 0.29) is 23.7 Å². The average Bonchev–Trinajstić information content (AvgIpc) is 3.72. The molecule has 7 rings (SSSR count). The highest BCUT2D eigenvalue weighted by molar-refractivity contribution is 7.13. The monoisotopic (exact) mass is 520 g/mol. The molecule has 5 aliphatic rings. The summed E-state index contributed by atoms with van der Waals surface area (Å²) >= 11 is 1.60. The van der Waals surface area contributed by atoms with Crippen LogP contribution < -0.4 is 4.90 Å². The number of imide groups is 1. The van der Waals surface area contributed by atoms with Crippen molar-refractivity contribution >= 4 is 39.3 Å². The zero-order valence-electron chi connectivity index (χ0n) is 21.9. The van der Waals surface area contributed by atoms with Crippen LogP contribution in [0.4, 0.5) is 5.82 Å². The molecule has 2 amide bonds. The molecule has 3 aliphatic carbocycles. The predicted octanol–water partition coefficient (Wildman–Crippen LogP) is 5.06. The van der Waals surface area contributed by atoms with E-state index in [4.69, 9.17) is 4.37 Å². The third-order valence-corrected chi connectivity index (χ3v) is 10.8. The normalized spacial score (nSPS) is 33.6. The van der Waals surface area contributed by atoms with Crippen LogP contribution in [-0.2, 0) is 9.59 Å². The van der Waals surface area contributed by atoms with Gasteiger partial charge in [0.05, 0.1) is 16.5 Å². The molecule has 2 bridgehead atoms. The van der Waals surface area contributed by atoms with Crippen molar-refractivity contribution in [3.63, 3.8) is 0 Å². The summed E-state index contributed by atoms with van der Waals surface area (Å²) in [7, 11) is 0. The molecule has 2 saturated heterocycles. The van der Waals surface area contributed by atoms with Gasteiger partial charge in [-0.3, -0.25) is 19.4 Å². The van der Waals surface area contributed by atoms with Gasteiger partial charge in [-0.1, -0.05) is 25.0 Å². The molecule has 6 nitrogen and oxygen atoms in total. The summed E-state index contributed by atoms with van der Waals surface area (Å²) in [6.45, 7) is 11.9. The van der Waals surface area contributed by atoms with E-state index in [0.717, 1.165) is 64.2 Å². The minimum atomic E-state index is 0.0261. The molecule has 1 aromatic carbocycles. The van der Waals surface area contributed by atoms with Gasteiger partial charge < -0.3 is 4.90 Å². The number of nitrogens with zero attached hydrogens (tertiary/aromatic N) is 4. The Labute approximate surface area is 224 Å². The second-order valence-electron chi connectivity index (χ2n) is 11.8. The van der Waals surface area contributed by atoms with Crippen LogP contribution in [0.15, 0.2) is 37.4 Å². The SMILES string of the molecule is C=C.O=C1[C@@H]2[C@H]3CC[C@H](C3)[C@@H]2C(=O)N1C[C@@H]1CCCC[C@H]1CN1CCN(c2nsc3ccccc23)CC1. The molecular weight excluding hydrogens is 480 g/mol. The fraction of sp³-hybridized carbons (Fsp3) is 0.633. The predicted molar refractivity (Wildman–Crippen MR) is 150 cm³/mol. The third-order valence-electron chi connectivity index (χ3n) is 10.0. The van der Waals surface area contributed by atoms with Crippen molar-refractivity contribution < 1.29 is 9.59 Å². The Balaban J connectivity index is 0.00000123. The third kappa shape index (κ3) is 4.42. The summed E-state index contributed by atoms with van der Waals surface area (Å²) in [4.78, 5) is 33.4. The largest absolute Gasteiger partial charge is 0.353 e. The van der Waals surface area contributed by atoms with E-state index < -0.39 is 0 Å². The second kappa shape index (κ2) is 10.5. The second-order valence-corrected chi connectivity index (χ2v) is 12.6. The van der Waals surface area contributed by atoms with Crippen molar-refractivity contribution in [2.45, 2.75) is 44.9 Å². The molecule has 37 heavy (non-hydrogen) atoms. The number of benzene rings is 1. The molecule has 7 heteroatoms. The van der Waals surface area contributed by atoms with Crippen LogP contribution >= 0.6 is 11.5 Å². The van der Waals surface area contributed by atoms with Crippen LogP contribution in [0.3, 0.4) is 0 Å². The number of piperazine rings is 1. The highest BCUT2D eigenvalue weighted by Gasteiger charge is 2.61. The molecule has 3 saturated carbocycles. The van der Waals surface area contributed by atoms with E-state index in [1.54, 1.807) is 16.4 Å². The first-order valence-electron chi connectivity index (χ1n) is 14.3. The van der Waals surface area contributed by atoms with Crippen molar-refractivity contribution in [2.24, 2.45) is 35.5 Å². The van der Waals surface area contributed by atoms with Crippen molar-refractivity contribution in [3.8, 4) is 0 Å². The Bertz CT molecular complexity index is 1110. The van der Waals surface area contributed by atoms with Gasteiger partial charge in [0, 0.05) is 44.7 Å². The van der Waals surface area contributed by atoms with Crippen LogP contribution in [0.5, 0.6) is 0 Å². The Morgan fingerprint density at radius 3 is 2.14 bits per heavy atom. The number of hydrogen-bond donors (Lipinski definition) is 0. The lowest BCUT2D eigenvalue weighted by Crippen LogP contribution is -2.49. The first kappa shape index (κ1) is 25.1. The number of likely N-dealkylation sites (tertiary alicyclic amines) is 1. The molecule has 0 radical (unpaired) electrons. The number of amides is 2. The summed E-state index contributed by atoms with van der Waals surface area (Å²) in [5.74, 6) is 3.59. The maximum absolute atomic E-state index is 13.3. The summed E-state index contributed by atoms with van der Waals surface area (Å²) in [5, 5.41) is 1.27. The number of carbonyl (C=O) groups is 2. The summed E-state index contributed by atoms with van der Waals surface area (Å²) in [5.41, 5.74) is 0. The molecule has 0 unspecified atom stereocenters. The van der Waals surface area contributed by atoms with Crippen LogP contribution in [0.25, 0.3) is 10.1 Å². The van der Waals surface area contributed by atoms with Gasteiger partial charge in [-0.15, -0.1) is 13.2 Å². The Morgan fingerprint density at radius 2 is 1.46 bits per heavy atom. The Morgan fingerprint density at radius 1 is 0.838 bits per heavy atom. The van der Waals surface area contributed by atoms with Crippen molar-refractivity contribution in [2.75, 3.05) is 44.2 Å². The number of aromatic nitrogens is 1. The number of rotatable bonds is 5. The molecule has 3 heterocycles. The summed E-state index contributed by atoms with van der Waals surface area (Å²) < 4.78 is 6.02. The maximum atomic E-state index is 13.3.